The predicted octanol–water partition coefficient (Wildman–Crippen LogP) is 6.22. The first-order valence-electron chi connectivity index (χ1n) is 13.1. The van der Waals surface area contributed by atoms with Crippen LogP contribution in [0.4, 0.5) is 0 Å². The number of carbonyl (C=O) groups is 3. The molecule has 1 unspecified atom stereocenters. The van der Waals surface area contributed by atoms with Gasteiger partial charge in [-0.25, -0.2) is 4.79 Å². The van der Waals surface area contributed by atoms with Crippen LogP contribution in [0.1, 0.15) is 24.0 Å². The predicted molar refractivity (Wildman–Crippen MR) is 162 cm³/mol. The second-order valence-corrected chi connectivity index (χ2v) is 11.4. The maximum absolute atomic E-state index is 12.9. The molecule has 1 fully saturated rings. The summed E-state index contributed by atoms with van der Waals surface area (Å²) in [6, 6.07) is 19.4. The van der Waals surface area contributed by atoms with Gasteiger partial charge in [0.2, 0.25) is 11.8 Å². The van der Waals surface area contributed by atoms with E-state index in [4.69, 9.17) is 27.9 Å². The van der Waals surface area contributed by atoms with E-state index in [1.165, 1.54) is 17.8 Å². The largest absolute Gasteiger partial charge is 0.496 e. The van der Waals surface area contributed by atoms with Crippen LogP contribution in [0.5, 0.6) is 5.75 Å². The fourth-order valence-electron chi connectivity index (χ4n) is 4.54. The highest BCUT2D eigenvalue weighted by Crippen LogP contribution is 2.42. The summed E-state index contributed by atoms with van der Waals surface area (Å²) in [7, 11) is 1.61. The number of methoxy groups -OCH3 is 1. The quantitative estimate of drug-likeness (QED) is 0.264. The van der Waals surface area contributed by atoms with Crippen molar-refractivity contribution in [1.29, 1.82) is 0 Å². The van der Waals surface area contributed by atoms with Gasteiger partial charge in [0.05, 0.1) is 22.1 Å². The fourth-order valence-corrected chi connectivity index (χ4v) is 6.08. The SMILES string of the molecule is COc1ccccc1Sc1ccc(/C=C/C(=O)N2CCC(C(=O)NC(Cc3ccccc3)C(=O)O)CC2)c(Cl)c1Cl. The van der Waals surface area contributed by atoms with Gasteiger partial charge in [0.15, 0.2) is 0 Å². The van der Waals surface area contributed by atoms with Crippen LogP contribution >= 0.6 is 35.0 Å². The Morgan fingerprint density at radius 2 is 1.68 bits per heavy atom. The zero-order valence-electron chi connectivity index (χ0n) is 22.4. The average Bonchev–Trinajstić information content (AvgIpc) is 2.99. The molecule has 1 heterocycles. The van der Waals surface area contributed by atoms with Crippen molar-refractivity contribution >= 4 is 58.8 Å². The van der Waals surface area contributed by atoms with Crippen LogP contribution in [0, 0.1) is 5.92 Å². The first-order chi connectivity index (χ1) is 19.8. The molecule has 2 amide bonds. The van der Waals surface area contributed by atoms with Crippen LogP contribution in [0.2, 0.25) is 10.0 Å². The molecule has 0 saturated carbocycles. The van der Waals surface area contributed by atoms with Gasteiger partial charge in [0.25, 0.3) is 0 Å². The summed E-state index contributed by atoms with van der Waals surface area (Å²) in [5.74, 6) is -1.21. The van der Waals surface area contributed by atoms with Crippen molar-refractivity contribution in [3.63, 3.8) is 0 Å². The highest BCUT2D eigenvalue weighted by Gasteiger charge is 2.29. The van der Waals surface area contributed by atoms with E-state index < -0.39 is 12.0 Å². The third-order valence-corrected chi connectivity index (χ3v) is 8.97. The van der Waals surface area contributed by atoms with Crippen molar-refractivity contribution in [2.24, 2.45) is 5.92 Å². The molecule has 1 atom stereocenters. The molecule has 3 aromatic carbocycles. The Bertz CT molecular complexity index is 1430. The Labute approximate surface area is 253 Å². The monoisotopic (exact) mass is 612 g/mol. The molecule has 1 aliphatic rings. The maximum Gasteiger partial charge on any atom is 0.326 e. The number of carboxylic acid groups (broad SMARTS) is 1. The van der Waals surface area contributed by atoms with E-state index in [-0.39, 0.29) is 24.2 Å². The molecule has 0 radical (unpaired) electrons. The normalized spacial score (nSPS) is 14.6. The molecule has 3 aromatic rings. The number of likely N-dealkylation sites (tertiary alicyclic amines) is 1. The van der Waals surface area contributed by atoms with Crippen molar-refractivity contribution in [2.75, 3.05) is 20.2 Å². The van der Waals surface area contributed by atoms with E-state index in [0.717, 1.165) is 21.1 Å². The number of benzene rings is 3. The minimum atomic E-state index is -1.08. The number of nitrogens with one attached hydrogen (secondary N) is 1. The fraction of sp³-hybridized carbons (Fsp3) is 0.258. The molecule has 1 aliphatic heterocycles. The van der Waals surface area contributed by atoms with Gasteiger partial charge in [-0.15, -0.1) is 0 Å². The smallest absolute Gasteiger partial charge is 0.326 e. The lowest BCUT2D eigenvalue weighted by Crippen LogP contribution is -2.48. The van der Waals surface area contributed by atoms with Gasteiger partial charge in [-0.05, 0) is 48.2 Å². The highest BCUT2D eigenvalue weighted by molar-refractivity contribution is 7.99. The summed E-state index contributed by atoms with van der Waals surface area (Å²) in [4.78, 5) is 40.7. The number of amides is 2. The van der Waals surface area contributed by atoms with Crippen molar-refractivity contribution in [1.82, 2.24) is 10.2 Å². The minimum Gasteiger partial charge on any atom is -0.496 e. The zero-order chi connectivity index (χ0) is 29.4. The Hall–Kier alpha value is -3.46. The standard InChI is InChI=1S/C31H30Cl2N2O5S/c1-40-24-9-5-6-10-25(24)41-26-13-11-21(28(32)29(26)33)12-14-27(36)35-17-15-22(16-18-35)30(37)34-23(31(38)39)19-20-7-3-2-4-8-20/h2-14,22-23H,15-19H2,1H3,(H,34,37)(H,38,39)/b14-12+. The number of hydrogen-bond acceptors (Lipinski definition) is 5. The number of hydrogen-bond donors (Lipinski definition) is 2. The second kappa shape index (κ2) is 14.4. The Kier molecular flexibility index (Phi) is 10.7. The molecule has 0 aromatic heterocycles. The molecular formula is C31H30Cl2N2O5S. The van der Waals surface area contributed by atoms with Gasteiger partial charge in [-0.1, -0.05) is 83.5 Å². The Morgan fingerprint density at radius 3 is 2.37 bits per heavy atom. The third-order valence-electron chi connectivity index (χ3n) is 6.85. The summed E-state index contributed by atoms with van der Waals surface area (Å²) in [5.41, 5.74) is 1.44. The Balaban J connectivity index is 1.31. The number of carbonyl (C=O) groups excluding carboxylic acids is 2. The highest BCUT2D eigenvalue weighted by atomic mass is 35.5. The van der Waals surface area contributed by atoms with E-state index in [1.807, 2.05) is 60.7 Å². The van der Waals surface area contributed by atoms with Gasteiger partial charge in [-0.2, -0.15) is 0 Å². The van der Waals surface area contributed by atoms with Crippen molar-refractivity contribution in [3.8, 4) is 5.75 Å². The molecule has 41 heavy (non-hydrogen) atoms. The molecule has 0 bridgehead atoms. The molecule has 0 aliphatic carbocycles. The van der Waals surface area contributed by atoms with Crippen LogP contribution in [-0.2, 0) is 20.8 Å². The molecule has 1 saturated heterocycles. The molecule has 2 N–H and O–H groups in total. The number of piperidine rings is 1. The molecule has 4 rings (SSSR count). The van der Waals surface area contributed by atoms with Gasteiger partial charge < -0.3 is 20.1 Å². The first kappa shape index (κ1) is 30.5. The van der Waals surface area contributed by atoms with E-state index in [2.05, 4.69) is 5.32 Å². The van der Waals surface area contributed by atoms with E-state index in [0.29, 0.717) is 41.5 Å². The molecule has 0 spiro atoms. The second-order valence-electron chi connectivity index (χ2n) is 9.56. The first-order valence-corrected chi connectivity index (χ1v) is 14.7. The number of rotatable bonds is 10. The number of para-hydroxylation sites is 1. The number of ether oxygens (including phenoxy) is 1. The Morgan fingerprint density at radius 1 is 1.00 bits per heavy atom. The summed E-state index contributed by atoms with van der Waals surface area (Å²) in [5, 5.41) is 13.0. The lowest BCUT2D eigenvalue weighted by molar-refractivity contribution is -0.142. The lowest BCUT2D eigenvalue weighted by Gasteiger charge is -2.31. The summed E-state index contributed by atoms with van der Waals surface area (Å²) >= 11 is 14.5. The molecule has 10 heteroatoms. The van der Waals surface area contributed by atoms with Gasteiger partial charge in [0.1, 0.15) is 11.8 Å². The number of nitrogens with zero attached hydrogens (tertiary/aromatic N) is 1. The number of carboxylic acids is 1. The maximum atomic E-state index is 12.9. The van der Waals surface area contributed by atoms with Crippen LogP contribution in [0.15, 0.2) is 82.6 Å². The average molecular weight is 614 g/mol. The van der Waals surface area contributed by atoms with Gasteiger partial charge in [0, 0.05) is 36.4 Å². The zero-order valence-corrected chi connectivity index (χ0v) is 24.7. The van der Waals surface area contributed by atoms with Gasteiger partial charge in [-0.3, -0.25) is 9.59 Å². The number of aliphatic carboxylic acids is 1. The van der Waals surface area contributed by atoms with Crippen molar-refractivity contribution < 1.29 is 24.2 Å². The number of halogens is 2. The summed E-state index contributed by atoms with van der Waals surface area (Å²) in [6.45, 7) is 0.779. The van der Waals surface area contributed by atoms with E-state index in [1.54, 1.807) is 24.2 Å². The lowest BCUT2D eigenvalue weighted by atomic mass is 9.95. The van der Waals surface area contributed by atoms with Crippen molar-refractivity contribution in [2.45, 2.75) is 35.1 Å². The van der Waals surface area contributed by atoms with E-state index >= 15 is 0 Å². The van der Waals surface area contributed by atoms with Gasteiger partial charge >= 0.3 is 5.97 Å². The van der Waals surface area contributed by atoms with E-state index in [9.17, 15) is 19.5 Å². The molecule has 214 valence electrons. The molecule has 7 nitrogen and oxygen atoms in total. The minimum absolute atomic E-state index is 0.198. The summed E-state index contributed by atoms with van der Waals surface area (Å²) in [6.07, 6.45) is 4.19. The topological polar surface area (TPSA) is 95.9 Å². The van der Waals surface area contributed by atoms with Crippen LogP contribution in [-0.4, -0.2) is 54.0 Å². The molecular weight excluding hydrogens is 583 g/mol. The summed E-state index contributed by atoms with van der Waals surface area (Å²) < 4.78 is 5.41. The third kappa shape index (κ3) is 8.06. The van der Waals surface area contributed by atoms with Crippen molar-refractivity contribution in [3.05, 3.63) is 94.0 Å². The van der Waals surface area contributed by atoms with Crippen LogP contribution in [0.25, 0.3) is 6.08 Å². The van der Waals surface area contributed by atoms with Crippen LogP contribution in [0.3, 0.4) is 0 Å². The van der Waals surface area contributed by atoms with Crippen LogP contribution < -0.4 is 10.1 Å².